The maximum absolute atomic E-state index is 14.6. The first-order valence-corrected chi connectivity index (χ1v) is 15.5. The Hall–Kier alpha value is -6.08. The number of ether oxygens (including phenoxy) is 2. The normalized spacial score (nSPS) is 16.6. The fraction of sp³-hybridized carbons (Fsp3) is 0.257. The van der Waals surface area contributed by atoms with Crippen molar-refractivity contribution in [2.45, 2.75) is 43.8 Å². The Labute approximate surface area is 288 Å². The minimum absolute atomic E-state index is 0.0189. The zero-order valence-corrected chi connectivity index (χ0v) is 26.8. The summed E-state index contributed by atoms with van der Waals surface area (Å²) in [6.07, 6.45) is -5.84. The van der Waals surface area contributed by atoms with E-state index in [2.05, 4.69) is 25.4 Å². The first-order chi connectivity index (χ1) is 24.6. The van der Waals surface area contributed by atoms with E-state index in [0.29, 0.717) is 34.9 Å². The van der Waals surface area contributed by atoms with Crippen molar-refractivity contribution in [2.75, 3.05) is 13.2 Å². The third kappa shape index (κ3) is 8.57. The van der Waals surface area contributed by atoms with Crippen LogP contribution < -0.4 is 10.1 Å². The molecule has 0 radical (unpaired) electrons. The number of hydrogen-bond acceptors (Lipinski definition) is 7. The smallest absolute Gasteiger partial charge is 0.416 e. The van der Waals surface area contributed by atoms with Gasteiger partial charge in [-0.1, -0.05) is 58.8 Å². The number of carbonyl (C=O) groups excluding carboxylic acids is 1. The van der Waals surface area contributed by atoms with Gasteiger partial charge in [0.2, 0.25) is 5.90 Å². The first kappa shape index (κ1) is 36.2. The molecule has 2 atom stereocenters. The predicted molar refractivity (Wildman–Crippen MR) is 178 cm³/mol. The summed E-state index contributed by atoms with van der Waals surface area (Å²) in [7, 11) is 0. The summed E-state index contributed by atoms with van der Waals surface area (Å²) >= 11 is 0. The molecular weight excluding hydrogens is 672 g/mol. The van der Waals surface area contributed by atoms with Gasteiger partial charge in [-0.25, -0.2) is 9.38 Å². The number of aliphatic imine (C=N–C) groups is 1. The summed E-state index contributed by atoms with van der Waals surface area (Å²) < 4.78 is 66.9. The number of aliphatic hydroxyl groups is 1. The number of azide groups is 2. The second-order valence-corrected chi connectivity index (χ2v) is 11.4. The van der Waals surface area contributed by atoms with E-state index in [1.54, 1.807) is 66.7 Å². The highest BCUT2D eigenvalue weighted by molar-refractivity contribution is 6.01. The van der Waals surface area contributed by atoms with E-state index in [9.17, 15) is 27.9 Å². The van der Waals surface area contributed by atoms with Gasteiger partial charge < -0.3 is 19.9 Å². The molecular formula is C35H30F4N8O4. The summed E-state index contributed by atoms with van der Waals surface area (Å²) in [4.78, 5) is 25.3. The average Bonchev–Trinajstić information content (AvgIpc) is 3.50. The molecule has 1 amide bonds. The van der Waals surface area contributed by atoms with Crippen LogP contribution in [0.4, 0.5) is 23.2 Å². The molecule has 1 aliphatic heterocycles. The predicted octanol–water partition coefficient (Wildman–Crippen LogP) is 8.17. The van der Waals surface area contributed by atoms with E-state index in [1.807, 2.05) is 0 Å². The lowest BCUT2D eigenvalue weighted by Crippen LogP contribution is -2.49. The minimum Gasteiger partial charge on any atom is -0.494 e. The van der Waals surface area contributed by atoms with Crippen molar-refractivity contribution in [3.8, 4) is 5.75 Å². The third-order valence-corrected chi connectivity index (χ3v) is 8.02. The molecule has 0 aromatic heterocycles. The molecule has 5 rings (SSSR count). The van der Waals surface area contributed by atoms with Gasteiger partial charge >= 0.3 is 6.18 Å². The third-order valence-electron chi connectivity index (χ3n) is 8.02. The van der Waals surface area contributed by atoms with Crippen LogP contribution >= 0.6 is 0 Å². The fourth-order valence-electron chi connectivity index (χ4n) is 5.64. The average molecular weight is 703 g/mol. The lowest BCUT2D eigenvalue weighted by Gasteiger charge is -2.32. The number of halogens is 4. The Kier molecular flexibility index (Phi) is 11.4. The molecule has 1 aliphatic rings. The van der Waals surface area contributed by atoms with Crippen LogP contribution in [0.15, 0.2) is 106 Å². The number of alkyl halides is 3. The van der Waals surface area contributed by atoms with Crippen LogP contribution in [0.1, 0.15) is 45.9 Å². The summed E-state index contributed by atoms with van der Waals surface area (Å²) in [6.45, 7) is -0.333. The second kappa shape index (κ2) is 16.1. The van der Waals surface area contributed by atoms with E-state index in [1.165, 1.54) is 6.07 Å². The number of carbonyl (C=O) groups is 1. The first-order valence-electron chi connectivity index (χ1n) is 15.5. The maximum Gasteiger partial charge on any atom is 0.416 e. The van der Waals surface area contributed by atoms with Crippen molar-refractivity contribution in [3.63, 3.8) is 0 Å². The van der Waals surface area contributed by atoms with E-state index < -0.39 is 41.7 Å². The van der Waals surface area contributed by atoms with E-state index >= 15 is 0 Å². The Balaban J connectivity index is 1.65. The SMILES string of the molecule is [N-]=[N+]=NCc1ccccc1C[C@@]1(C(=O)NCc2cc(F)cc(C(F)(F)F)c2)N=C(c2ccc(OCCCO)cc2)O[C@@H]1c1ccccc1N=[N+]=[N-]. The Morgan fingerprint density at radius 2 is 1.73 bits per heavy atom. The van der Waals surface area contributed by atoms with Crippen molar-refractivity contribution >= 4 is 17.5 Å². The van der Waals surface area contributed by atoms with Crippen LogP contribution in [0, 0.1) is 5.82 Å². The van der Waals surface area contributed by atoms with Gasteiger partial charge in [0.25, 0.3) is 5.91 Å². The van der Waals surface area contributed by atoms with Crippen LogP contribution in [0.5, 0.6) is 5.75 Å². The number of hydrogen-bond donors (Lipinski definition) is 2. The minimum atomic E-state index is -4.83. The molecule has 16 heteroatoms. The maximum atomic E-state index is 14.6. The van der Waals surface area contributed by atoms with Crippen molar-refractivity contribution in [2.24, 2.45) is 15.2 Å². The lowest BCUT2D eigenvalue weighted by molar-refractivity contribution is -0.137. The number of aliphatic hydroxyl groups excluding tert-OH is 1. The number of nitrogens with zero attached hydrogens (tertiary/aromatic N) is 7. The van der Waals surface area contributed by atoms with Crippen molar-refractivity contribution in [1.82, 2.24) is 5.32 Å². The summed E-state index contributed by atoms with van der Waals surface area (Å²) in [5.41, 5.74) is 17.1. The van der Waals surface area contributed by atoms with Crippen LogP contribution in [-0.4, -0.2) is 35.7 Å². The zero-order chi connectivity index (χ0) is 36.4. The van der Waals surface area contributed by atoms with Gasteiger partial charge in [-0.15, -0.1) is 0 Å². The Morgan fingerprint density at radius 1 is 1.00 bits per heavy atom. The van der Waals surface area contributed by atoms with Crippen molar-refractivity contribution in [3.05, 3.63) is 151 Å². The van der Waals surface area contributed by atoms with Gasteiger partial charge in [-0.2, -0.15) is 13.2 Å². The molecule has 51 heavy (non-hydrogen) atoms. The number of amides is 1. The van der Waals surface area contributed by atoms with E-state index in [4.69, 9.17) is 25.1 Å². The molecule has 0 spiro atoms. The number of rotatable bonds is 14. The molecule has 0 bridgehead atoms. The summed E-state index contributed by atoms with van der Waals surface area (Å²) in [6, 6.07) is 21.8. The largest absolute Gasteiger partial charge is 0.494 e. The van der Waals surface area contributed by atoms with Gasteiger partial charge in [0, 0.05) is 52.6 Å². The molecule has 0 fully saturated rings. The quantitative estimate of drug-likeness (QED) is 0.0443. The van der Waals surface area contributed by atoms with Gasteiger partial charge in [0.15, 0.2) is 11.6 Å². The standard InChI is InChI=1S/C35H30F4N8O4/c36-27-17-22(16-26(18-27)35(37,38)39)20-42-33(49)34(19-24-6-1-2-7-25(24)21-43-46-40)31(29-8-3-4-9-30(29)45-47-41)51-32(44-34)23-10-12-28(13-11-23)50-15-5-14-48/h1-4,6-13,16-18,31,48H,5,14-15,19-21H2,(H,42,49)/t31-,34-/m1/s1. The van der Waals surface area contributed by atoms with Crippen LogP contribution in [0.25, 0.3) is 20.9 Å². The summed E-state index contributed by atoms with van der Waals surface area (Å²) in [5.74, 6) is -1.41. The molecule has 4 aromatic carbocycles. The lowest BCUT2D eigenvalue weighted by atomic mass is 9.80. The van der Waals surface area contributed by atoms with Crippen LogP contribution in [0.3, 0.4) is 0 Å². The topological polar surface area (TPSA) is 178 Å². The number of nitrogens with one attached hydrogen (secondary N) is 1. The van der Waals surface area contributed by atoms with E-state index in [0.717, 1.165) is 12.1 Å². The fourth-order valence-corrected chi connectivity index (χ4v) is 5.64. The van der Waals surface area contributed by atoms with Crippen LogP contribution in [0.2, 0.25) is 0 Å². The molecule has 12 nitrogen and oxygen atoms in total. The van der Waals surface area contributed by atoms with E-state index in [-0.39, 0.29) is 48.9 Å². The highest BCUT2D eigenvalue weighted by atomic mass is 19.4. The van der Waals surface area contributed by atoms with Gasteiger partial charge in [-0.05, 0) is 70.2 Å². The molecule has 262 valence electrons. The monoisotopic (exact) mass is 702 g/mol. The Bertz CT molecular complexity index is 2010. The molecule has 0 saturated carbocycles. The Morgan fingerprint density at radius 3 is 2.43 bits per heavy atom. The van der Waals surface area contributed by atoms with Gasteiger partial charge in [0.05, 0.1) is 18.7 Å². The summed E-state index contributed by atoms with van der Waals surface area (Å²) in [5, 5.41) is 19.2. The van der Waals surface area contributed by atoms with Crippen molar-refractivity contribution < 1.29 is 36.9 Å². The zero-order valence-electron chi connectivity index (χ0n) is 26.8. The van der Waals surface area contributed by atoms with Gasteiger partial charge in [0.1, 0.15) is 11.6 Å². The highest BCUT2D eigenvalue weighted by Crippen LogP contribution is 2.46. The second-order valence-electron chi connectivity index (χ2n) is 11.4. The number of benzene rings is 4. The highest BCUT2D eigenvalue weighted by Gasteiger charge is 2.54. The molecule has 1 heterocycles. The van der Waals surface area contributed by atoms with Crippen molar-refractivity contribution in [1.29, 1.82) is 0 Å². The molecule has 4 aromatic rings. The van der Waals surface area contributed by atoms with Gasteiger partial charge in [-0.3, -0.25) is 4.79 Å². The molecule has 0 unspecified atom stereocenters. The molecule has 0 aliphatic carbocycles. The molecule has 2 N–H and O–H groups in total. The van der Waals surface area contributed by atoms with Crippen LogP contribution in [-0.2, 0) is 35.2 Å². The molecule has 0 saturated heterocycles.